The third kappa shape index (κ3) is 4.40. The van der Waals surface area contributed by atoms with Gasteiger partial charge in [0.1, 0.15) is 0 Å². The van der Waals surface area contributed by atoms with E-state index in [0.29, 0.717) is 29.5 Å². The van der Waals surface area contributed by atoms with Crippen molar-refractivity contribution in [1.82, 2.24) is 14.9 Å². The summed E-state index contributed by atoms with van der Waals surface area (Å²) in [4.78, 5) is 21.7. The average Bonchev–Trinajstić information content (AvgIpc) is 2.62. The smallest absolute Gasteiger partial charge is 0.321 e. The first-order chi connectivity index (χ1) is 12.0. The number of urea groups is 1. The van der Waals surface area contributed by atoms with Crippen LogP contribution < -0.4 is 25.3 Å². The maximum atomic E-state index is 12.4. The molecule has 0 atom stereocenters. The Morgan fingerprint density at radius 2 is 1.68 bits per heavy atom. The van der Waals surface area contributed by atoms with Crippen molar-refractivity contribution in [2.75, 3.05) is 39.4 Å². The van der Waals surface area contributed by atoms with Gasteiger partial charge in [0.15, 0.2) is 11.5 Å². The molecule has 2 aromatic rings. The summed E-state index contributed by atoms with van der Waals surface area (Å²) in [5.74, 6) is 1.54. The summed E-state index contributed by atoms with van der Waals surface area (Å²) in [6.45, 7) is 0.330. The van der Waals surface area contributed by atoms with Crippen LogP contribution in [0, 0.1) is 0 Å². The van der Waals surface area contributed by atoms with E-state index in [1.807, 2.05) is 0 Å². The van der Waals surface area contributed by atoms with Crippen LogP contribution in [-0.2, 0) is 6.54 Å². The van der Waals surface area contributed by atoms with Gasteiger partial charge in [-0.3, -0.25) is 0 Å². The van der Waals surface area contributed by atoms with Crippen LogP contribution in [0.4, 0.5) is 16.4 Å². The minimum Gasteiger partial charge on any atom is -0.493 e. The molecule has 0 radical (unpaired) electrons. The fraction of sp³-hybridized carbons (Fsp3) is 0.312. The summed E-state index contributed by atoms with van der Waals surface area (Å²) in [7, 11) is 6.19. The van der Waals surface area contributed by atoms with Gasteiger partial charge in [-0.25, -0.2) is 14.8 Å². The third-order valence-corrected chi connectivity index (χ3v) is 3.41. The molecule has 2 rings (SSSR count). The zero-order valence-corrected chi connectivity index (χ0v) is 14.6. The lowest BCUT2D eigenvalue weighted by molar-refractivity contribution is 0.220. The van der Waals surface area contributed by atoms with E-state index in [-0.39, 0.29) is 12.0 Å². The molecule has 0 aliphatic rings. The topological polar surface area (TPSA) is 112 Å². The summed E-state index contributed by atoms with van der Waals surface area (Å²) >= 11 is 0. The number of hydrogen-bond donors (Lipinski definition) is 2. The monoisotopic (exact) mass is 347 g/mol. The molecule has 0 fully saturated rings. The first kappa shape index (κ1) is 18.1. The van der Waals surface area contributed by atoms with Crippen LogP contribution in [0.1, 0.15) is 5.56 Å². The number of carbonyl (C=O) groups is 1. The van der Waals surface area contributed by atoms with Crippen LogP contribution in [0.2, 0.25) is 0 Å². The Hall–Kier alpha value is -3.23. The van der Waals surface area contributed by atoms with Crippen LogP contribution in [0.3, 0.4) is 0 Å². The molecule has 9 nitrogen and oxygen atoms in total. The fourth-order valence-electron chi connectivity index (χ4n) is 2.16. The predicted molar refractivity (Wildman–Crippen MR) is 93.0 cm³/mol. The second-order valence-corrected chi connectivity index (χ2v) is 5.15. The van der Waals surface area contributed by atoms with E-state index in [9.17, 15) is 4.79 Å². The van der Waals surface area contributed by atoms with Crippen molar-refractivity contribution < 1.29 is 19.0 Å². The number of aromatic nitrogens is 2. The highest BCUT2D eigenvalue weighted by atomic mass is 16.5. The van der Waals surface area contributed by atoms with E-state index in [4.69, 9.17) is 19.9 Å². The highest BCUT2D eigenvalue weighted by Gasteiger charge is 2.16. The summed E-state index contributed by atoms with van der Waals surface area (Å²) < 4.78 is 15.8. The second-order valence-electron chi connectivity index (χ2n) is 5.15. The average molecular weight is 347 g/mol. The Bertz CT molecular complexity index is 711. The van der Waals surface area contributed by atoms with Crippen molar-refractivity contribution in [1.29, 1.82) is 0 Å². The highest BCUT2D eigenvalue weighted by Crippen LogP contribution is 2.39. The SMILES string of the molecule is COc1cc(NC(=O)N(C)Cc2cnc(N)nc2)cc(OC)c1OC. The number of ether oxygens (including phenoxy) is 3. The van der Waals surface area contributed by atoms with Crippen molar-refractivity contribution in [3.63, 3.8) is 0 Å². The Labute approximate surface area is 145 Å². The lowest BCUT2D eigenvalue weighted by Gasteiger charge is -2.19. The van der Waals surface area contributed by atoms with Crippen molar-refractivity contribution in [3.8, 4) is 17.2 Å². The molecule has 25 heavy (non-hydrogen) atoms. The molecule has 0 aliphatic heterocycles. The van der Waals surface area contributed by atoms with E-state index in [1.54, 1.807) is 31.6 Å². The van der Waals surface area contributed by atoms with Crippen LogP contribution in [0.5, 0.6) is 17.2 Å². The molecule has 2 amide bonds. The molecule has 0 saturated carbocycles. The molecular weight excluding hydrogens is 326 g/mol. The highest BCUT2D eigenvalue weighted by molar-refractivity contribution is 5.90. The summed E-state index contributed by atoms with van der Waals surface area (Å²) in [6, 6.07) is 2.99. The Balaban J connectivity index is 2.12. The van der Waals surface area contributed by atoms with E-state index in [2.05, 4.69) is 15.3 Å². The molecule has 3 N–H and O–H groups in total. The van der Waals surface area contributed by atoms with Gasteiger partial charge in [-0.05, 0) is 0 Å². The van der Waals surface area contributed by atoms with E-state index in [1.165, 1.54) is 26.2 Å². The fourth-order valence-corrected chi connectivity index (χ4v) is 2.16. The number of rotatable bonds is 6. The van der Waals surface area contributed by atoms with Crippen LogP contribution in [0.15, 0.2) is 24.5 Å². The quantitative estimate of drug-likeness (QED) is 0.818. The number of nitrogens with one attached hydrogen (secondary N) is 1. The Kier molecular flexibility index (Phi) is 5.83. The van der Waals surface area contributed by atoms with Gasteiger partial charge in [0.25, 0.3) is 0 Å². The van der Waals surface area contributed by atoms with Crippen LogP contribution in [-0.4, -0.2) is 49.3 Å². The van der Waals surface area contributed by atoms with E-state index in [0.717, 1.165) is 5.56 Å². The number of nitrogen functional groups attached to an aromatic ring is 1. The summed E-state index contributed by atoms with van der Waals surface area (Å²) in [5, 5.41) is 2.78. The summed E-state index contributed by atoms with van der Waals surface area (Å²) in [5.41, 5.74) is 6.72. The number of carbonyl (C=O) groups excluding carboxylic acids is 1. The molecule has 1 aromatic heterocycles. The molecular formula is C16H21N5O4. The minimum absolute atomic E-state index is 0.188. The molecule has 0 spiro atoms. The largest absolute Gasteiger partial charge is 0.493 e. The number of benzene rings is 1. The van der Waals surface area contributed by atoms with Gasteiger partial charge in [0.2, 0.25) is 11.7 Å². The lowest BCUT2D eigenvalue weighted by Crippen LogP contribution is -2.31. The molecule has 9 heteroatoms. The number of nitrogens with two attached hydrogens (primary N) is 1. The number of amides is 2. The van der Waals surface area contributed by atoms with Gasteiger partial charge in [-0.2, -0.15) is 0 Å². The van der Waals surface area contributed by atoms with Gasteiger partial charge >= 0.3 is 6.03 Å². The first-order valence-electron chi connectivity index (χ1n) is 7.37. The van der Waals surface area contributed by atoms with Gasteiger partial charge in [0.05, 0.1) is 33.6 Å². The summed E-state index contributed by atoms with van der Waals surface area (Å²) in [6.07, 6.45) is 3.15. The standard InChI is InChI=1S/C16H21N5O4/c1-21(9-10-7-18-15(17)19-8-10)16(22)20-11-5-12(23-2)14(25-4)13(6-11)24-3/h5-8H,9H2,1-4H3,(H,20,22)(H2,17,18,19). The first-order valence-corrected chi connectivity index (χ1v) is 7.37. The third-order valence-electron chi connectivity index (χ3n) is 3.41. The minimum atomic E-state index is -0.314. The number of hydrogen-bond acceptors (Lipinski definition) is 7. The van der Waals surface area contributed by atoms with Crippen molar-refractivity contribution >= 4 is 17.7 Å². The molecule has 1 heterocycles. The van der Waals surface area contributed by atoms with Crippen molar-refractivity contribution in [3.05, 3.63) is 30.1 Å². The lowest BCUT2D eigenvalue weighted by atomic mass is 10.2. The van der Waals surface area contributed by atoms with Gasteiger partial charge in [0, 0.05) is 37.1 Å². The molecule has 0 bridgehead atoms. The zero-order valence-electron chi connectivity index (χ0n) is 14.6. The normalized spacial score (nSPS) is 10.1. The number of nitrogens with zero attached hydrogens (tertiary/aromatic N) is 3. The van der Waals surface area contributed by atoms with Crippen molar-refractivity contribution in [2.24, 2.45) is 0 Å². The zero-order chi connectivity index (χ0) is 18.4. The van der Waals surface area contributed by atoms with Gasteiger partial charge in [-0.1, -0.05) is 0 Å². The molecule has 0 unspecified atom stereocenters. The maximum Gasteiger partial charge on any atom is 0.321 e. The Morgan fingerprint density at radius 3 is 2.16 bits per heavy atom. The van der Waals surface area contributed by atoms with E-state index < -0.39 is 0 Å². The number of anilines is 2. The molecule has 0 aliphatic carbocycles. The van der Waals surface area contributed by atoms with Gasteiger partial charge in [-0.15, -0.1) is 0 Å². The second kappa shape index (κ2) is 8.04. The maximum absolute atomic E-state index is 12.4. The van der Waals surface area contributed by atoms with Crippen molar-refractivity contribution in [2.45, 2.75) is 6.54 Å². The van der Waals surface area contributed by atoms with Gasteiger partial charge < -0.3 is 30.2 Å². The molecule has 0 saturated heterocycles. The number of methoxy groups -OCH3 is 3. The predicted octanol–water partition coefficient (Wildman–Crippen LogP) is 1.75. The van der Waals surface area contributed by atoms with Crippen LogP contribution >= 0.6 is 0 Å². The molecule has 134 valence electrons. The Morgan fingerprint density at radius 1 is 1.12 bits per heavy atom. The van der Waals surface area contributed by atoms with E-state index >= 15 is 0 Å². The molecule has 1 aromatic carbocycles. The van der Waals surface area contributed by atoms with Crippen LogP contribution in [0.25, 0.3) is 0 Å².